The molecule has 0 unspecified atom stereocenters. The fraction of sp³-hybridized carbons (Fsp3) is 0.200. The molecular weight excluding hydrogens is 362 g/mol. The third kappa shape index (κ3) is 4.23. The minimum absolute atomic E-state index is 0.307. The van der Waals surface area contributed by atoms with Crippen LogP contribution >= 0.6 is 11.6 Å². The molecule has 0 fully saturated rings. The molecule has 4 N–H and O–H groups in total. The first-order valence-electron chi connectivity index (χ1n) is 8.71. The van der Waals surface area contributed by atoms with Gasteiger partial charge in [-0.15, -0.1) is 0 Å². The monoisotopic (exact) mass is 383 g/mol. The van der Waals surface area contributed by atoms with Gasteiger partial charge in [0.1, 0.15) is 11.4 Å². The number of nitrogens with zero attached hydrogens (tertiary/aromatic N) is 2. The highest BCUT2D eigenvalue weighted by molar-refractivity contribution is 6.32. The van der Waals surface area contributed by atoms with E-state index in [9.17, 15) is 4.79 Å². The van der Waals surface area contributed by atoms with E-state index in [-0.39, 0.29) is 6.03 Å². The molecule has 0 saturated heterocycles. The van der Waals surface area contributed by atoms with Gasteiger partial charge in [-0.1, -0.05) is 67.9 Å². The normalized spacial score (nSPS) is 10.8. The number of amides is 2. The van der Waals surface area contributed by atoms with Gasteiger partial charge >= 0.3 is 6.03 Å². The molecule has 140 valence electrons. The molecular formula is C20H22ClN5O. The van der Waals surface area contributed by atoms with Crippen LogP contribution in [0.1, 0.15) is 13.8 Å². The zero-order valence-corrected chi connectivity index (χ0v) is 16.0. The van der Waals surface area contributed by atoms with Crippen molar-refractivity contribution in [3.05, 3.63) is 59.6 Å². The lowest BCUT2D eigenvalue weighted by atomic mass is 10.1. The maximum absolute atomic E-state index is 12.3. The molecule has 27 heavy (non-hydrogen) atoms. The topological polar surface area (TPSA) is 85.0 Å². The number of rotatable bonds is 5. The summed E-state index contributed by atoms with van der Waals surface area (Å²) in [6, 6.07) is 16.5. The summed E-state index contributed by atoms with van der Waals surface area (Å²) in [6.07, 6.45) is 0. The summed E-state index contributed by atoms with van der Waals surface area (Å²) in [6.45, 7) is 4.62. The van der Waals surface area contributed by atoms with E-state index in [1.807, 2.05) is 62.4 Å². The van der Waals surface area contributed by atoms with Crippen molar-refractivity contribution in [2.24, 2.45) is 5.92 Å². The quantitative estimate of drug-likeness (QED) is 0.604. The summed E-state index contributed by atoms with van der Waals surface area (Å²) in [4.78, 5) is 12.3. The van der Waals surface area contributed by atoms with Crippen LogP contribution in [-0.2, 0) is 0 Å². The van der Waals surface area contributed by atoms with Crippen molar-refractivity contribution in [3.63, 3.8) is 0 Å². The number of benzene rings is 2. The number of nitrogens with two attached hydrogens (primary N) is 1. The molecule has 0 aliphatic carbocycles. The lowest BCUT2D eigenvalue weighted by Crippen LogP contribution is -2.32. The van der Waals surface area contributed by atoms with E-state index in [1.165, 1.54) is 0 Å². The average Bonchev–Trinajstić information content (AvgIpc) is 2.98. The molecule has 0 atom stereocenters. The van der Waals surface area contributed by atoms with Crippen molar-refractivity contribution >= 4 is 29.1 Å². The van der Waals surface area contributed by atoms with E-state index in [4.69, 9.17) is 17.3 Å². The van der Waals surface area contributed by atoms with Crippen LogP contribution in [0.2, 0.25) is 5.02 Å². The van der Waals surface area contributed by atoms with Gasteiger partial charge in [0.05, 0.1) is 10.7 Å². The summed E-state index contributed by atoms with van der Waals surface area (Å²) in [5, 5.41) is 10.8. The highest BCUT2D eigenvalue weighted by Crippen LogP contribution is 2.35. The minimum Gasteiger partial charge on any atom is -0.382 e. The number of carbonyl (C=O) groups excluding carboxylic acids is 1. The van der Waals surface area contributed by atoms with Gasteiger partial charge in [-0.2, -0.15) is 5.10 Å². The third-order valence-corrected chi connectivity index (χ3v) is 4.28. The molecule has 3 rings (SSSR count). The number of nitrogen functional groups attached to an aromatic ring is 1. The molecule has 0 radical (unpaired) electrons. The molecule has 1 aromatic heterocycles. The average molecular weight is 384 g/mol. The van der Waals surface area contributed by atoms with Crippen LogP contribution < -0.4 is 16.4 Å². The summed E-state index contributed by atoms with van der Waals surface area (Å²) in [5.41, 5.74) is 8.85. The number of carbonyl (C=O) groups is 1. The fourth-order valence-electron chi connectivity index (χ4n) is 2.61. The largest absolute Gasteiger partial charge is 0.382 e. The zero-order valence-electron chi connectivity index (χ0n) is 15.2. The number of anilines is 2. The molecule has 0 saturated carbocycles. The fourth-order valence-corrected chi connectivity index (χ4v) is 2.83. The standard InChI is InChI=1S/C20H22ClN5O/c1-13(2)12-23-20(27)24-18-17(14-8-4-3-5-9-14)25-26(19(18)22)16-11-7-6-10-15(16)21/h3-11,13H,12,22H2,1-2H3,(H2,23,24,27). The number of nitrogens with one attached hydrogen (secondary N) is 2. The van der Waals surface area contributed by atoms with Crippen LogP contribution in [0, 0.1) is 5.92 Å². The van der Waals surface area contributed by atoms with Crippen molar-refractivity contribution in [2.75, 3.05) is 17.6 Å². The second kappa shape index (κ2) is 8.14. The van der Waals surface area contributed by atoms with E-state index in [0.717, 1.165) is 5.56 Å². The highest BCUT2D eigenvalue weighted by atomic mass is 35.5. The molecule has 0 bridgehead atoms. The Bertz CT molecular complexity index is 937. The first-order valence-corrected chi connectivity index (χ1v) is 9.09. The van der Waals surface area contributed by atoms with Crippen molar-refractivity contribution in [1.29, 1.82) is 0 Å². The SMILES string of the molecule is CC(C)CNC(=O)Nc1c(-c2ccccc2)nn(-c2ccccc2Cl)c1N. The van der Waals surface area contributed by atoms with Crippen LogP contribution in [-0.4, -0.2) is 22.4 Å². The molecule has 0 spiro atoms. The van der Waals surface area contributed by atoms with Crippen LogP contribution in [0.5, 0.6) is 0 Å². The van der Waals surface area contributed by atoms with Crippen LogP contribution in [0.4, 0.5) is 16.3 Å². The van der Waals surface area contributed by atoms with Gasteiger partial charge in [-0.25, -0.2) is 9.48 Å². The Hall–Kier alpha value is -2.99. The second-order valence-electron chi connectivity index (χ2n) is 6.57. The minimum atomic E-state index is -0.328. The van der Waals surface area contributed by atoms with Gasteiger partial charge in [0, 0.05) is 12.1 Å². The van der Waals surface area contributed by atoms with Crippen molar-refractivity contribution in [3.8, 4) is 16.9 Å². The summed E-state index contributed by atoms with van der Waals surface area (Å²) >= 11 is 6.31. The van der Waals surface area contributed by atoms with Crippen LogP contribution in [0.3, 0.4) is 0 Å². The predicted octanol–water partition coefficient (Wildman–Crippen LogP) is 4.55. The predicted molar refractivity (Wildman–Crippen MR) is 110 cm³/mol. The van der Waals surface area contributed by atoms with Gasteiger partial charge in [0.2, 0.25) is 0 Å². The summed E-state index contributed by atoms with van der Waals surface area (Å²) < 4.78 is 1.54. The van der Waals surface area contributed by atoms with Crippen molar-refractivity contribution < 1.29 is 4.79 Å². The number of aromatic nitrogens is 2. The van der Waals surface area contributed by atoms with Crippen molar-refractivity contribution in [2.45, 2.75) is 13.8 Å². The van der Waals surface area contributed by atoms with Crippen LogP contribution in [0.15, 0.2) is 54.6 Å². The zero-order chi connectivity index (χ0) is 19.4. The Balaban J connectivity index is 2.05. The smallest absolute Gasteiger partial charge is 0.319 e. The lowest BCUT2D eigenvalue weighted by Gasteiger charge is -2.10. The van der Waals surface area contributed by atoms with Gasteiger partial charge < -0.3 is 16.4 Å². The van der Waals surface area contributed by atoms with Gasteiger partial charge in [0.25, 0.3) is 0 Å². The Morgan fingerprint density at radius 1 is 1.15 bits per heavy atom. The van der Waals surface area contributed by atoms with Gasteiger partial charge in [-0.3, -0.25) is 0 Å². The Morgan fingerprint density at radius 2 is 1.81 bits per heavy atom. The maximum Gasteiger partial charge on any atom is 0.319 e. The van der Waals surface area contributed by atoms with E-state index in [1.54, 1.807) is 10.7 Å². The Morgan fingerprint density at radius 3 is 2.48 bits per heavy atom. The number of hydrogen-bond donors (Lipinski definition) is 3. The maximum atomic E-state index is 12.3. The number of urea groups is 1. The third-order valence-electron chi connectivity index (χ3n) is 3.96. The van der Waals surface area contributed by atoms with Crippen molar-refractivity contribution in [1.82, 2.24) is 15.1 Å². The first-order chi connectivity index (χ1) is 13.0. The molecule has 6 nitrogen and oxygen atoms in total. The highest BCUT2D eigenvalue weighted by Gasteiger charge is 2.21. The Labute approximate surface area is 163 Å². The van der Waals surface area contributed by atoms with Gasteiger partial charge in [-0.05, 0) is 18.1 Å². The lowest BCUT2D eigenvalue weighted by molar-refractivity contribution is 0.251. The molecule has 2 amide bonds. The Kier molecular flexibility index (Phi) is 5.66. The first kappa shape index (κ1) is 18.8. The number of halogens is 1. The van der Waals surface area contributed by atoms with Crippen LogP contribution in [0.25, 0.3) is 16.9 Å². The second-order valence-corrected chi connectivity index (χ2v) is 6.97. The van der Waals surface area contributed by atoms with E-state index in [2.05, 4.69) is 15.7 Å². The molecule has 1 heterocycles. The summed E-state index contributed by atoms with van der Waals surface area (Å²) in [5.74, 6) is 0.647. The number of hydrogen-bond acceptors (Lipinski definition) is 3. The molecule has 3 aromatic rings. The van der Waals surface area contributed by atoms with Gasteiger partial charge in [0.15, 0.2) is 5.82 Å². The molecule has 0 aliphatic rings. The van der Waals surface area contributed by atoms with E-state index < -0.39 is 0 Å². The molecule has 7 heteroatoms. The molecule has 0 aliphatic heterocycles. The van der Waals surface area contributed by atoms with E-state index >= 15 is 0 Å². The van der Waals surface area contributed by atoms with E-state index in [0.29, 0.717) is 40.4 Å². The molecule has 2 aromatic carbocycles. The number of para-hydroxylation sites is 1. The summed E-state index contributed by atoms with van der Waals surface area (Å²) in [7, 11) is 0.